The topological polar surface area (TPSA) is 89.3 Å². The molecule has 0 spiro atoms. The quantitative estimate of drug-likeness (QED) is 0.906. The second-order valence-electron chi connectivity index (χ2n) is 4.64. The fourth-order valence-corrected chi connectivity index (χ4v) is 2.35. The summed E-state index contributed by atoms with van der Waals surface area (Å²) in [6.07, 6.45) is 0. The Labute approximate surface area is 125 Å². The number of halogens is 2. The molecule has 0 unspecified atom stereocenters. The third kappa shape index (κ3) is 3.66. The highest BCUT2D eigenvalue weighted by molar-refractivity contribution is 7.89. The Morgan fingerprint density at radius 1 is 1.14 bits per heavy atom. The van der Waals surface area contributed by atoms with Gasteiger partial charge in [-0.05, 0) is 48.9 Å². The van der Waals surface area contributed by atoms with Gasteiger partial charge in [-0.2, -0.15) is 0 Å². The number of sulfonamides is 1. The minimum absolute atomic E-state index is 0.217. The highest BCUT2D eigenvalue weighted by Gasteiger charge is 2.15. The molecule has 5 nitrogen and oxygen atoms in total. The van der Waals surface area contributed by atoms with E-state index in [1.807, 2.05) is 0 Å². The molecule has 0 aliphatic carbocycles. The van der Waals surface area contributed by atoms with E-state index in [0.717, 1.165) is 12.1 Å². The Balaban J connectivity index is 2.33. The first-order valence-electron chi connectivity index (χ1n) is 6.08. The number of rotatable bonds is 3. The van der Waals surface area contributed by atoms with Gasteiger partial charge in [0.25, 0.3) is 5.91 Å². The fraction of sp³-hybridized carbons (Fsp3) is 0.0714. The molecule has 1 amide bonds. The number of benzene rings is 2. The number of nitrogens with one attached hydrogen (secondary N) is 1. The van der Waals surface area contributed by atoms with Crippen molar-refractivity contribution < 1.29 is 22.0 Å². The Morgan fingerprint density at radius 3 is 2.41 bits per heavy atom. The van der Waals surface area contributed by atoms with Crippen LogP contribution in [0, 0.1) is 18.6 Å². The smallest absolute Gasteiger partial charge is 0.255 e. The Kier molecular flexibility index (Phi) is 4.25. The van der Waals surface area contributed by atoms with Gasteiger partial charge in [-0.25, -0.2) is 22.3 Å². The summed E-state index contributed by atoms with van der Waals surface area (Å²) in [5.74, 6) is -2.08. The van der Waals surface area contributed by atoms with Gasteiger partial charge < -0.3 is 5.32 Å². The third-order valence-electron chi connectivity index (χ3n) is 2.88. The number of nitrogens with two attached hydrogens (primary N) is 1. The molecule has 0 atom stereocenters. The van der Waals surface area contributed by atoms with Crippen LogP contribution in [0.5, 0.6) is 0 Å². The summed E-state index contributed by atoms with van der Waals surface area (Å²) in [4.78, 5) is 11.5. The van der Waals surface area contributed by atoms with Crippen molar-refractivity contribution in [3.05, 3.63) is 59.2 Å². The highest BCUT2D eigenvalue weighted by atomic mass is 32.2. The van der Waals surface area contributed by atoms with Crippen LogP contribution in [0.4, 0.5) is 14.5 Å². The van der Waals surface area contributed by atoms with Gasteiger partial charge in [-0.1, -0.05) is 0 Å². The lowest BCUT2D eigenvalue weighted by molar-refractivity contribution is 0.102. The standard InChI is InChI=1S/C14H12F2N2O3S/c1-8-4-11(2-3-13(8)16)18-14(19)9-5-10(15)7-12(6-9)22(17,20)21/h2-7H,1H3,(H,18,19)(H2,17,20,21). The molecule has 0 fully saturated rings. The van der Waals surface area contributed by atoms with E-state index in [2.05, 4.69) is 5.32 Å². The SMILES string of the molecule is Cc1cc(NC(=O)c2cc(F)cc(S(N)(=O)=O)c2)ccc1F. The van der Waals surface area contributed by atoms with Gasteiger partial charge in [0.1, 0.15) is 11.6 Å². The van der Waals surface area contributed by atoms with Crippen molar-refractivity contribution in [1.29, 1.82) is 0 Å². The number of anilines is 1. The molecule has 22 heavy (non-hydrogen) atoms. The van der Waals surface area contributed by atoms with E-state index in [-0.39, 0.29) is 5.56 Å². The third-order valence-corrected chi connectivity index (χ3v) is 3.77. The zero-order valence-corrected chi connectivity index (χ0v) is 12.2. The van der Waals surface area contributed by atoms with Crippen LogP contribution in [0.1, 0.15) is 15.9 Å². The molecule has 3 N–H and O–H groups in total. The summed E-state index contributed by atoms with van der Waals surface area (Å²) in [7, 11) is -4.14. The second-order valence-corrected chi connectivity index (χ2v) is 6.20. The first-order chi connectivity index (χ1) is 10.2. The van der Waals surface area contributed by atoms with E-state index in [1.54, 1.807) is 0 Å². The molecular weight excluding hydrogens is 314 g/mol. The van der Waals surface area contributed by atoms with Crippen LogP contribution in [0.15, 0.2) is 41.3 Å². The number of carbonyl (C=O) groups is 1. The van der Waals surface area contributed by atoms with E-state index in [4.69, 9.17) is 5.14 Å². The first-order valence-corrected chi connectivity index (χ1v) is 7.62. The molecular formula is C14H12F2N2O3S. The molecule has 2 rings (SSSR count). The zero-order chi connectivity index (χ0) is 16.5. The molecule has 0 aromatic heterocycles. The fourth-order valence-electron chi connectivity index (χ4n) is 1.78. The van der Waals surface area contributed by atoms with Crippen molar-refractivity contribution in [3.63, 3.8) is 0 Å². The first kappa shape index (κ1) is 16.1. The van der Waals surface area contributed by atoms with Gasteiger partial charge in [-0.15, -0.1) is 0 Å². The van der Waals surface area contributed by atoms with E-state index in [0.29, 0.717) is 17.3 Å². The molecule has 0 saturated heterocycles. The van der Waals surface area contributed by atoms with Gasteiger partial charge >= 0.3 is 0 Å². The number of hydrogen-bond acceptors (Lipinski definition) is 3. The summed E-state index contributed by atoms with van der Waals surface area (Å²) in [6.45, 7) is 1.52. The number of primary sulfonamides is 1. The lowest BCUT2D eigenvalue weighted by Gasteiger charge is -2.08. The minimum Gasteiger partial charge on any atom is -0.322 e. The van der Waals surface area contributed by atoms with Crippen molar-refractivity contribution in [2.24, 2.45) is 5.14 Å². The van der Waals surface area contributed by atoms with Gasteiger partial charge in [0.2, 0.25) is 10.0 Å². The highest BCUT2D eigenvalue weighted by Crippen LogP contribution is 2.17. The van der Waals surface area contributed by atoms with Crippen LogP contribution in [-0.4, -0.2) is 14.3 Å². The summed E-state index contributed by atoms with van der Waals surface area (Å²) < 4.78 is 49.1. The summed E-state index contributed by atoms with van der Waals surface area (Å²) in [6, 6.07) is 6.46. The average molecular weight is 326 g/mol. The number of amides is 1. The molecule has 0 aliphatic rings. The van der Waals surface area contributed by atoms with Gasteiger partial charge in [-0.3, -0.25) is 4.79 Å². The maximum absolute atomic E-state index is 13.4. The van der Waals surface area contributed by atoms with Crippen LogP contribution in [0.3, 0.4) is 0 Å². The maximum atomic E-state index is 13.4. The molecule has 0 aliphatic heterocycles. The Hall–Kier alpha value is -2.32. The van der Waals surface area contributed by atoms with Crippen LogP contribution in [-0.2, 0) is 10.0 Å². The molecule has 2 aromatic carbocycles. The van der Waals surface area contributed by atoms with Crippen molar-refractivity contribution in [2.45, 2.75) is 11.8 Å². The molecule has 8 heteroatoms. The molecule has 116 valence electrons. The van der Waals surface area contributed by atoms with Gasteiger partial charge in [0, 0.05) is 11.3 Å². The second kappa shape index (κ2) is 5.82. The largest absolute Gasteiger partial charge is 0.322 e. The zero-order valence-electron chi connectivity index (χ0n) is 11.4. The lowest BCUT2D eigenvalue weighted by Crippen LogP contribution is -2.16. The lowest BCUT2D eigenvalue weighted by atomic mass is 10.1. The van der Waals surface area contributed by atoms with Crippen molar-refractivity contribution in [3.8, 4) is 0 Å². The number of hydrogen-bond donors (Lipinski definition) is 2. The molecule has 0 heterocycles. The predicted octanol–water partition coefficient (Wildman–Crippen LogP) is 2.17. The van der Waals surface area contributed by atoms with Crippen molar-refractivity contribution in [1.82, 2.24) is 0 Å². The minimum atomic E-state index is -4.14. The van der Waals surface area contributed by atoms with E-state index in [1.165, 1.54) is 25.1 Å². The molecule has 2 aromatic rings. The predicted molar refractivity (Wildman–Crippen MR) is 76.9 cm³/mol. The van der Waals surface area contributed by atoms with Crippen molar-refractivity contribution >= 4 is 21.6 Å². The van der Waals surface area contributed by atoms with E-state index < -0.39 is 32.5 Å². The monoisotopic (exact) mass is 326 g/mol. The molecule has 0 bridgehead atoms. The van der Waals surface area contributed by atoms with Gasteiger partial charge in [0.15, 0.2) is 0 Å². The summed E-state index contributed by atoms with van der Waals surface area (Å²) >= 11 is 0. The number of carbonyl (C=O) groups excluding carboxylic acids is 1. The Bertz CT molecular complexity index is 851. The summed E-state index contributed by atoms with van der Waals surface area (Å²) in [5, 5.41) is 7.34. The normalized spacial score (nSPS) is 11.3. The van der Waals surface area contributed by atoms with E-state index >= 15 is 0 Å². The Morgan fingerprint density at radius 2 is 1.82 bits per heavy atom. The number of aryl methyl sites for hydroxylation is 1. The van der Waals surface area contributed by atoms with Crippen molar-refractivity contribution in [2.75, 3.05) is 5.32 Å². The van der Waals surface area contributed by atoms with Gasteiger partial charge in [0.05, 0.1) is 4.90 Å². The van der Waals surface area contributed by atoms with Crippen LogP contribution < -0.4 is 10.5 Å². The van der Waals surface area contributed by atoms with Crippen LogP contribution >= 0.6 is 0 Å². The molecule has 0 radical (unpaired) electrons. The van der Waals surface area contributed by atoms with Crippen LogP contribution in [0.2, 0.25) is 0 Å². The molecule has 0 saturated carbocycles. The summed E-state index contributed by atoms with van der Waals surface area (Å²) in [5.41, 5.74) is 0.401. The van der Waals surface area contributed by atoms with E-state index in [9.17, 15) is 22.0 Å². The average Bonchev–Trinajstić information content (AvgIpc) is 2.41. The van der Waals surface area contributed by atoms with Crippen LogP contribution in [0.25, 0.3) is 0 Å². The maximum Gasteiger partial charge on any atom is 0.255 e.